The van der Waals surface area contributed by atoms with Crippen LogP contribution < -0.4 is 5.32 Å². The number of hydrogen-bond donors (Lipinski definition) is 1. The second-order valence-electron chi connectivity index (χ2n) is 5.69. The van der Waals surface area contributed by atoms with Gasteiger partial charge in [0.25, 0.3) is 0 Å². The maximum absolute atomic E-state index is 12.1. The van der Waals surface area contributed by atoms with Crippen LogP contribution in [0.1, 0.15) is 30.8 Å². The summed E-state index contributed by atoms with van der Waals surface area (Å²) in [6, 6.07) is 16.9. The molecule has 3 aromatic rings. The molecule has 0 saturated heterocycles. The summed E-state index contributed by atoms with van der Waals surface area (Å²) in [7, 11) is 0. The molecule has 0 aliphatic rings. The first-order chi connectivity index (χ1) is 12.1. The van der Waals surface area contributed by atoms with Crippen molar-refractivity contribution in [2.75, 3.05) is 0 Å². The predicted octanol–water partition coefficient (Wildman–Crippen LogP) is 4.20. The third-order valence-electron chi connectivity index (χ3n) is 3.82. The fraction of sp³-hybridized carbons (Fsp3) is 0.211. The van der Waals surface area contributed by atoms with Crippen molar-refractivity contribution in [3.63, 3.8) is 0 Å². The quantitative estimate of drug-likeness (QED) is 0.719. The monoisotopic (exact) mass is 355 g/mol. The van der Waals surface area contributed by atoms with Crippen LogP contribution in [0.4, 0.5) is 0 Å². The SMILES string of the molecule is CC(NC(=O)CCc1nc(-c2ccccc2)no1)c1ccccc1Cl. The number of nitrogens with one attached hydrogen (secondary N) is 1. The minimum Gasteiger partial charge on any atom is -0.350 e. The topological polar surface area (TPSA) is 68.0 Å². The second-order valence-corrected chi connectivity index (χ2v) is 6.10. The Balaban J connectivity index is 1.54. The van der Waals surface area contributed by atoms with E-state index in [1.165, 1.54) is 0 Å². The van der Waals surface area contributed by atoms with Gasteiger partial charge in [-0.25, -0.2) is 0 Å². The average molecular weight is 356 g/mol. The third kappa shape index (κ3) is 4.45. The fourth-order valence-electron chi connectivity index (χ4n) is 2.50. The smallest absolute Gasteiger partial charge is 0.227 e. The summed E-state index contributed by atoms with van der Waals surface area (Å²) in [5.41, 5.74) is 1.77. The summed E-state index contributed by atoms with van der Waals surface area (Å²) < 4.78 is 5.22. The zero-order chi connectivity index (χ0) is 17.6. The lowest BCUT2D eigenvalue weighted by atomic mass is 10.1. The first-order valence-corrected chi connectivity index (χ1v) is 8.43. The molecule has 0 bridgehead atoms. The lowest BCUT2D eigenvalue weighted by Crippen LogP contribution is -2.27. The first-order valence-electron chi connectivity index (χ1n) is 8.05. The number of carbonyl (C=O) groups excluding carboxylic acids is 1. The standard InChI is InChI=1S/C19H18ClN3O2/c1-13(15-9-5-6-10-16(15)20)21-17(24)11-12-18-22-19(23-25-18)14-7-3-2-4-8-14/h2-10,13H,11-12H2,1H3,(H,21,24). The number of benzene rings is 2. The first kappa shape index (κ1) is 17.2. The highest BCUT2D eigenvalue weighted by Crippen LogP contribution is 2.22. The van der Waals surface area contributed by atoms with Gasteiger partial charge in [0.1, 0.15) is 0 Å². The van der Waals surface area contributed by atoms with Crippen molar-refractivity contribution >= 4 is 17.5 Å². The Hall–Kier alpha value is -2.66. The van der Waals surface area contributed by atoms with Crippen LogP contribution in [0.2, 0.25) is 5.02 Å². The number of rotatable bonds is 6. The zero-order valence-electron chi connectivity index (χ0n) is 13.8. The molecule has 1 aromatic heterocycles. The molecule has 0 aliphatic carbocycles. The summed E-state index contributed by atoms with van der Waals surface area (Å²) in [6.45, 7) is 1.90. The van der Waals surface area contributed by atoms with Crippen molar-refractivity contribution in [3.8, 4) is 11.4 Å². The van der Waals surface area contributed by atoms with E-state index in [1.54, 1.807) is 0 Å². The minimum absolute atomic E-state index is 0.0909. The van der Waals surface area contributed by atoms with Gasteiger partial charge in [-0.1, -0.05) is 65.3 Å². The van der Waals surface area contributed by atoms with Crippen LogP contribution in [0.5, 0.6) is 0 Å². The molecule has 1 amide bonds. The average Bonchev–Trinajstić information content (AvgIpc) is 3.10. The predicted molar refractivity (Wildman–Crippen MR) is 96.1 cm³/mol. The molecule has 0 aliphatic heterocycles. The van der Waals surface area contributed by atoms with E-state index in [-0.39, 0.29) is 18.4 Å². The highest BCUT2D eigenvalue weighted by atomic mass is 35.5. The lowest BCUT2D eigenvalue weighted by Gasteiger charge is -2.15. The number of halogens is 1. The van der Waals surface area contributed by atoms with Gasteiger partial charge in [-0.15, -0.1) is 0 Å². The molecule has 1 heterocycles. The van der Waals surface area contributed by atoms with Crippen LogP contribution in [0.3, 0.4) is 0 Å². The van der Waals surface area contributed by atoms with Crippen molar-refractivity contribution in [1.29, 1.82) is 0 Å². The summed E-state index contributed by atoms with van der Waals surface area (Å²) >= 11 is 6.15. The van der Waals surface area contributed by atoms with E-state index in [0.717, 1.165) is 11.1 Å². The van der Waals surface area contributed by atoms with Crippen LogP contribution in [0.15, 0.2) is 59.1 Å². The normalized spacial score (nSPS) is 11.9. The van der Waals surface area contributed by atoms with E-state index in [1.807, 2.05) is 61.5 Å². The zero-order valence-corrected chi connectivity index (χ0v) is 14.5. The lowest BCUT2D eigenvalue weighted by molar-refractivity contribution is -0.121. The van der Waals surface area contributed by atoms with Gasteiger partial charge in [-0.3, -0.25) is 4.79 Å². The van der Waals surface area contributed by atoms with Crippen molar-refractivity contribution in [1.82, 2.24) is 15.5 Å². The summed E-state index contributed by atoms with van der Waals surface area (Å²) in [4.78, 5) is 16.5. The molecule has 6 heteroatoms. The Kier molecular flexibility index (Phi) is 5.46. The summed E-state index contributed by atoms with van der Waals surface area (Å²) in [5, 5.41) is 7.52. The molecule has 5 nitrogen and oxygen atoms in total. The number of aryl methyl sites for hydroxylation is 1. The van der Waals surface area contributed by atoms with Gasteiger partial charge in [0, 0.05) is 23.4 Å². The maximum Gasteiger partial charge on any atom is 0.227 e. The molecule has 0 saturated carbocycles. The van der Waals surface area contributed by atoms with Crippen LogP contribution in [0, 0.1) is 0 Å². The van der Waals surface area contributed by atoms with Crippen molar-refractivity contribution in [2.45, 2.75) is 25.8 Å². The van der Waals surface area contributed by atoms with E-state index < -0.39 is 0 Å². The fourth-order valence-corrected chi connectivity index (χ4v) is 2.80. The molecule has 3 rings (SSSR count). The highest BCUT2D eigenvalue weighted by molar-refractivity contribution is 6.31. The Bertz CT molecular complexity index is 849. The molecule has 0 fully saturated rings. The largest absolute Gasteiger partial charge is 0.350 e. The van der Waals surface area contributed by atoms with Gasteiger partial charge < -0.3 is 9.84 Å². The Labute approximate surface area is 151 Å². The van der Waals surface area contributed by atoms with Crippen LogP contribution in [-0.4, -0.2) is 16.0 Å². The van der Waals surface area contributed by atoms with Gasteiger partial charge >= 0.3 is 0 Å². The number of nitrogens with zero attached hydrogens (tertiary/aromatic N) is 2. The van der Waals surface area contributed by atoms with Crippen molar-refractivity contribution in [2.24, 2.45) is 0 Å². The molecule has 1 atom stereocenters. The molecular weight excluding hydrogens is 338 g/mol. The van der Waals surface area contributed by atoms with Crippen LogP contribution in [-0.2, 0) is 11.2 Å². The molecule has 2 aromatic carbocycles. The van der Waals surface area contributed by atoms with Crippen molar-refractivity contribution < 1.29 is 9.32 Å². The molecule has 1 unspecified atom stereocenters. The van der Waals surface area contributed by atoms with E-state index in [0.29, 0.717) is 23.2 Å². The van der Waals surface area contributed by atoms with E-state index in [9.17, 15) is 4.79 Å². The van der Waals surface area contributed by atoms with Gasteiger partial charge in [0.15, 0.2) is 0 Å². The van der Waals surface area contributed by atoms with Gasteiger partial charge in [-0.05, 0) is 18.6 Å². The minimum atomic E-state index is -0.163. The summed E-state index contributed by atoms with van der Waals surface area (Å²) in [5.74, 6) is 0.881. The number of hydrogen-bond acceptors (Lipinski definition) is 4. The molecule has 25 heavy (non-hydrogen) atoms. The van der Waals surface area contributed by atoms with Gasteiger partial charge in [-0.2, -0.15) is 4.98 Å². The van der Waals surface area contributed by atoms with Crippen LogP contribution in [0.25, 0.3) is 11.4 Å². The molecular formula is C19H18ClN3O2. The van der Waals surface area contributed by atoms with Crippen LogP contribution >= 0.6 is 11.6 Å². The van der Waals surface area contributed by atoms with E-state index in [2.05, 4.69) is 15.5 Å². The highest BCUT2D eigenvalue weighted by Gasteiger charge is 2.14. The number of amides is 1. The van der Waals surface area contributed by atoms with Crippen molar-refractivity contribution in [3.05, 3.63) is 71.1 Å². The summed E-state index contributed by atoms with van der Waals surface area (Å²) in [6.07, 6.45) is 0.659. The van der Waals surface area contributed by atoms with Gasteiger partial charge in [0.2, 0.25) is 17.6 Å². The van der Waals surface area contributed by atoms with E-state index >= 15 is 0 Å². The Morgan fingerprint density at radius 2 is 1.88 bits per heavy atom. The molecule has 1 N–H and O–H groups in total. The molecule has 0 spiro atoms. The Morgan fingerprint density at radius 1 is 1.16 bits per heavy atom. The molecule has 0 radical (unpaired) electrons. The van der Waals surface area contributed by atoms with Gasteiger partial charge in [0.05, 0.1) is 6.04 Å². The third-order valence-corrected chi connectivity index (χ3v) is 4.16. The number of aromatic nitrogens is 2. The second kappa shape index (κ2) is 7.94. The Morgan fingerprint density at radius 3 is 2.64 bits per heavy atom. The van der Waals surface area contributed by atoms with E-state index in [4.69, 9.17) is 16.1 Å². The molecule has 128 valence electrons. The number of carbonyl (C=O) groups is 1. The maximum atomic E-state index is 12.1.